The Hall–Kier alpha value is -1.96. The van der Waals surface area contributed by atoms with Crippen LogP contribution in [0.1, 0.15) is 24.5 Å². The molecule has 0 aliphatic rings. The van der Waals surface area contributed by atoms with Crippen molar-refractivity contribution in [3.05, 3.63) is 53.6 Å². The zero-order valence-corrected chi connectivity index (χ0v) is 17.9. The molecule has 0 heterocycles. The summed E-state index contributed by atoms with van der Waals surface area (Å²) < 4.78 is 10.6. The number of aryl methyl sites for hydroxylation is 2. The van der Waals surface area contributed by atoms with E-state index in [1.165, 1.54) is 11.1 Å². The van der Waals surface area contributed by atoms with Crippen molar-refractivity contribution in [2.24, 2.45) is 10.7 Å². The van der Waals surface area contributed by atoms with Crippen LogP contribution in [0, 0.1) is 0 Å². The van der Waals surface area contributed by atoms with Crippen LogP contribution in [0.2, 0.25) is 0 Å². The summed E-state index contributed by atoms with van der Waals surface area (Å²) in [6.07, 6.45) is 2.81. The molecular weight excluding hydrogens is 441 g/mol. The van der Waals surface area contributed by atoms with Gasteiger partial charge in [-0.25, -0.2) is 0 Å². The second kappa shape index (κ2) is 11.6. The van der Waals surface area contributed by atoms with Crippen LogP contribution in [0.5, 0.6) is 11.5 Å². The molecular formula is C20H28IN3O2. The zero-order valence-electron chi connectivity index (χ0n) is 15.6. The van der Waals surface area contributed by atoms with E-state index in [-0.39, 0.29) is 24.0 Å². The molecule has 5 nitrogen and oxygen atoms in total. The van der Waals surface area contributed by atoms with Gasteiger partial charge in [0, 0.05) is 12.2 Å². The van der Waals surface area contributed by atoms with Crippen LogP contribution in [-0.4, -0.2) is 26.7 Å². The van der Waals surface area contributed by atoms with Gasteiger partial charge in [-0.2, -0.15) is 0 Å². The van der Waals surface area contributed by atoms with E-state index >= 15 is 0 Å². The van der Waals surface area contributed by atoms with E-state index in [9.17, 15) is 0 Å². The number of nitrogens with one attached hydrogen (secondary N) is 1. The smallest absolute Gasteiger partial charge is 0.193 e. The fraction of sp³-hybridized carbons (Fsp3) is 0.350. The molecule has 0 aliphatic heterocycles. The third-order valence-corrected chi connectivity index (χ3v) is 3.96. The van der Waals surface area contributed by atoms with E-state index in [2.05, 4.69) is 29.4 Å². The minimum atomic E-state index is 0. The second-order valence-corrected chi connectivity index (χ2v) is 5.74. The third kappa shape index (κ3) is 6.74. The Kier molecular flexibility index (Phi) is 9.87. The van der Waals surface area contributed by atoms with Gasteiger partial charge in [0.15, 0.2) is 17.5 Å². The third-order valence-electron chi connectivity index (χ3n) is 3.96. The molecule has 0 radical (unpaired) electrons. The molecule has 142 valence electrons. The Morgan fingerprint density at radius 2 is 1.81 bits per heavy atom. The quantitative estimate of drug-likeness (QED) is 0.263. The zero-order chi connectivity index (χ0) is 18.1. The van der Waals surface area contributed by atoms with Crippen molar-refractivity contribution in [1.29, 1.82) is 0 Å². The second-order valence-electron chi connectivity index (χ2n) is 5.74. The number of hydrogen-bond donors (Lipinski definition) is 2. The van der Waals surface area contributed by atoms with Crippen molar-refractivity contribution in [2.45, 2.75) is 26.2 Å². The Morgan fingerprint density at radius 3 is 2.50 bits per heavy atom. The van der Waals surface area contributed by atoms with Crippen LogP contribution in [-0.2, 0) is 12.8 Å². The summed E-state index contributed by atoms with van der Waals surface area (Å²) in [5.41, 5.74) is 9.39. The van der Waals surface area contributed by atoms with Gasteiger partial charge < -0.3 is 20.5 Å². The molecule has 0 aromatic heterocycles. The topological polar surface area (TPSA) is 68.9 Å². The number of methoxy groups -OCH3 is 2. The first-order chi connectivity index (χ1) is 12.2. The van der Waals surface area contributed by atoms with E-state index in [1.807, 2.05) is 30.3 Å². The van der Waals surface area contributed by atoms with Gasteiger partial charge in [-0.15, -0.1) is 24.0 Å². The SMILES string of the molecule is CCc1cccc(NC(N)=NCCCc2ccc(OC)c(OC)c2)c1.I. The van der Waals surface area contributed by atoms with Crippen LogP contribution in [0.3, 0.4) is 0 Å². The molecule has 0 spiro atoms. The predicted molar refractivity (Wildman–Crippen MR) is 119 cm³/mol. The lowest BCUT2D eigenvalue weighted by Crippen LogP contribution is -2.23. The van der Waals surface area contributed by atoms with Crippen LogP contribution in [0.15, 0.2) is 47.5 Å². The van der Waals surface area contributed by atoms with E-state index in [4.69, 9.17) is 15.2 Å². The molecule has 0 atom stereocenters. The van der Waals surface area contributed by atoms with E-state index in [0.717, 1.165) is 36.4 Å². The molecule has 0 fully saturated rings. The maximum Gasteiger partial charge on any atom is 0.193 e. The van der Waals surface area contributed by atoms with Crippen molar-refractivity contribution in [2.75, 3.05) is 26.1 Å². The largest absolute Gasteiger partial charge is 0.493 e. The van der Waals surface area contributed by atoms with Crippen LogP contribution in [0.25, 0.3) is 0 Å². The predicted octanol–water partition coefficient (Wildman–Crippen LogP) is 4.24. The summed E-state index contributed by atoms with van der Waals surface area (Å²) in [6, 6.07) is 14.2. The molecule has 0 aliphatic carbocycles. The van der Waals surface area contributed by atoms with Gasteiger partial charge in [-0.1, -0.05) is 25.1 Å². The number of nitrogens with zero attached hydrogens (tertiary/aromatic N) is 1. The van der Waals surface area contributed by atoms with Gasteiger partial charge >= 0.3 is 0 Å². The Balaban J connectivity index is 0.00000338. The maximum atomic E-state index is 5.96. The van der Waals surface area contributed by atoms with Gasteiger partial charge in [-0.3, -0.25) is 4.99 Å². The lowest BCUT2D eigenvalue weighted by atomic mass is 10.1. The Bertz CT molecular complexity index is 720. The number of guanidine groups is 1. The summed E-state index contributed by atoms with van der Waals surface area (Å²) in [4.78, 5) is 4.39. The molecule has 0 saturated heterocycles. The van der Waals surface area contributed by atoms with Crippen molar-refractivity contribution in [3.8, 4) is 11.5 Å². The highest BCUT2D eigenvalue weighted by Crippen LogP contribution is 2.27. The first-order valence-corrected chi connectivity index (χ1v) is 8.53. The highest BCUT2D eigenvalue weighted by atomic mass is 127. The number of rotatable bonds is 8. The lowest BCUT2D eigenvalue weighted by molar-refractivity contribution is 0.354. The van der Waals surface area contributed by atoms with Crippen molar-refractivity contribution < 1.29 is 9.47 Å². The number of ether oxygens (including phenoxy) is 2. The van der Waals surface area contributed by atoms with Crippen LogP contribution in [0.4, 0.5) is 5.69 Å². The number of hydrogen-bond acceptors (Lipinski definition) is 3. The number of nitrogens with two attached hydrogens (primary N) is 1. The molecule has 26 heavy (non-hydrogen) atoms. The summed E-state index contributed by atoms with van der Waals surface area (Å²) in [5, 5.41) is 3.14. The molecule has 3 N–H and O–H groups in total. The van der Waals surface area contributed by atoms with Gasteiger partial charge in [0.25, 0.3) is 0 Å². The molecule has 2 rings (SSSR count). The maximum absolute atomic E-state index is 5.96. The fourth-order valence-electron chi connectivity index (χ4n) is 2.58. The molecule has 6 heteroatoms. The van der Waals surface area contributed by atoms with E-state index < -0.39 is 0 Å². The highest BCUT2D eigenvalue weighted by Gasteiger charge is 2.04. The van der Waals surface area contributed by atoms with Crippen molar-refractivity contribution in [3.63, 3.8) is 0 Å². The van der Waals surface area contributed by atoms with Crippen molar-refractivity contribution in [1.82, 2.24) is 0 Å². The average molecular weight is 469 g/mol. The summed E-state index contributed by atoms with van der Waals surface area (Å²) >= 11 is 0. The first-order valence-electron chi connectivity index (χ1n) is 8.53. The molecule has 0 bridgehead atoms. The standard InChI is InChI=1S/C20H27N3O2.HI/c1-4-15-7-5-9-17(13-15)23-20(21)22-12-6-8-16-10-11-18(24-2)19(14-16)25-3;/h5,7,9-11,13-14H,4,6,8,12H2,1-3H3,(H3,21,22,23);1H. The van der Waals surface area contributed by atoms with Gasteiger partial charge in [0.2, 0.25) is 0 Å². The number of halogens is 1. The monoisotopic (exact) mass is 469 g/mol. The summed E-state index contributed by atoms with van der Waals surface area (Å²) in [7, 11) is 3.28. The number of aliphatic imine (C=N–C) groups is 1. The lowest BCUT2D eigenvalue weighted by Gasteiger charge is -2.09. The van der Waals surface area contributed by atoms with Crippen molar-refractivity contribution >= 4 is 35.6 Å². The van der Waals surface area contributed by atoms with E-state index in [1.54, 1.807) is 14.2 Å². The Morgan fingerprint density at radius 1 is 1.04 bits per heavy atom. The highest BCUT2D eigenvalue weighted by molar-refractivity contribution is 14.0. The minimum absolute atomic E-state index is 0. The average Bonchev–Trinajstić information content (AvgIpc) is 2.65. The normalized spacial score (nSPS) is 10.8. The van der Waals surface area contributed by atoms with Crippen LogP contribution >= 0.6 is 24.0 Å². The van der Waals surface area contributed by atoms with Crippen LogP contribution < -0.4 is 20.5 Å². The number of benzene rings is 2. The molecule has 0 unspecified atom stereocenters. The Labute approximate surface area is 173 Å². The van der Waals surface area contributed by atoms with Gasteiger partial charge in [0.1, 0.15) is 0 Å². The molecule has 2 aromatic rings. The molecule has 0 amide bonds. The minimum Gasteiger partial charge on any atom is -0.493 e. The van der Waals surface area contributed by atoms with Gasteiger partial charge in [-0.05, 0) is 54.7 Å². The van der Waals surface area contributed by atoms with E-state index in [0.29, 0.717) is 12.5 Å². The summed E-state index contributed by atoms with van der Waals surface area (Å²) in [6.45, 7) is 2.80. The first kappa shape index (κ1) is 22.1. The number of anilines is 1. The molecule has 2 aromatic carbocycles. The summed E-state index contributed by atoms with van der Waals surface area (Å²) in [5.74, 6) is 1.94. The van der Waals surface area contributed by atoms with Gasteiger partial charge in [0.05, 0.1) is 14.2 Å². The fourth-order valence-corrected chi connectivity index (χ4v) is 2.58. The molecule has 0 saturated carbocycles.